The molecular formula is C9H16N4. The number of rotatable bonds is 6. The highest BCUT2D eigenvalue weighted by Gasteiger charge is 1.90. The summed E-state index contributed by atoms with van der Waals surface area (Å²) >= 11 is 0. The lowest BCUT2D eigenvalue weighted by atomic mass is 10.2. The largest absolute Gasteiger partial charge is 0.290 e. The summed E-state index contributed by atoms with van der Waals surface area (Å²) in [5.41, 5.74) is 5.99. The first-order valence-corrected chi connectivity index (χ1v) is 4.69. The first-order chi connectivity index (χ1) is 6.43. The number of nitrogens with zero attached hydrogens (tertiary/aromatic N) is 2. The van der Waals surface area contributed by atoms with E-state index in [4.69, 9.17) is 0 Å². The molecule has 0 fully saturated rings. The Labute approximate surface area is 78.8 Å². The van der Waals surface area contributed by atoms with Crippen LogP contribution < -0.4 is 10.9 Å². The summed E-state index contributed by atoms with van der Waals surface area (Å²) in [6.07, 6.45) is 7.09. The minimum Gasteiger partial charge on any atom is -0.290 e. The monoisotopic (exact) mass is 180 g/mol. The number of hydrogen-bond donors (Lipinski definition) is 2. The van der Waals surface area contributed by atoms with E-state index in [2.05, 4.69) is 27.7 Å². The zero-order valence-corrected chi connectivity index (χ0v) is 7.95. The molecule has 0 aromatic carbocycles. The van der Waals surface area contributed by atoms with Crippen LogP contribution in [0.1, 0.15) is 26.2 Å². The van der Waals surface area contributed by atoms with E-state index in [-0.39, 0.29) is 0 Å². The number of nitrogens with one attached hydrogen (secondary N) is 2. The Bertz CT molecular complexity index is 212. The molecule has 1 aromatic rings. The lowest BCUT2D eigenvalue weighted by Gasteiger charge is -2.04. The first kappa shape index (κ1) is 9.92. The number of unbranched alkanes of at least 4 members (excludes halogenated alkanes) is 2. The summed E-state index contributed by atoms with van der Waals surface area (Å²) in [5, 5.41) is 0. The third kappa shape index (κ3) is 4.42. The maximum Gasteiger partial charge on any atom is 0.237 e. The van der Waals surface area contributed by atoms with Gasteiger partial charge in [0.25, 0.3) is 0 Å². The zero-order valence-electron chi connectivity index (χ0n) is 7.95. The van der Waals surface area contributed by atoms with Gasteiger partial charge in [-0.1, -0.05) is 19.8 Å². The molecule has 0 atom stereocenters. The van der Waals surface area contributed by atoms with Crippen molar-refractivity contribution >= 4 is 5.95 Å². The summed E-state index contributed by atoms with van der Waals surface area (Å²) in [6, 6.07) is 1.79. The van der Waals surface area contributed by atoms with Crippen molar-refractivity contribution in [2.24, 2.45) is 0 Å². The SMILES string of the molecule is CCCCCNNc1ncccn1. The van der Waals surface area contributed by atoms with Gasteiger partial charge in [-0.15, -0.1) is 0 Å². The van der Waals surface area contributed by atoms with E-state index in [9.17, 15) is 0 Å². The molecule has 0 radical (unpaired) electrons. The minimum atomic E-state index is 0.624. The van der Waals surface area contributed by atoms with E-state index in [1.54, 1.807) is 18.5 Å². The average molecular weight is 180 g/mol. The molecule has 0 saturated carbocycles. The van der Waals surface area contributed by atoms with Crippen LogP contribution in [0.2, 0.25) is 0 Å². The van der Waals surface area contributed by atoms with E-state index in [0.717, 1.165) is 6.54 Å². The summed E-state index contributed by atoms with van der Waals surface area (Å²) in [5.74, 6) is 0.624. The van der Waals surface area contributed by atoms with Crippen molar-refractivity contribution in [3.8, 4) is 0 Å². The second kappa shape index (κ2) is 6.37. The fourth-order valence-corrected chi connectivity index (χ4v) is 0.969. The molecule has 0 saturated heterocycles. The van der Waals surface area contributed by atoms with Crippen LogP contribution in [0.5, 0.6) is 0 Å². The van der Waals surface area contributed by atoms with Crippen molar-refractivity contribution in [3.05, 3.63) is 18.5 Å². The van der Waals surface area contributed by atoms with Gasteiger partial charge in [-0.05, 0) is 12.5 Å². The standard InChI is InChI=1S/C9H16N4/c1-2-3-4-8-12-13-9-10-6-5-7-11-9/h5-7,12H,2-4,8H2,1H3,(H,10,11,13). The second-order valence-corrected chi connectivity index (χ2v) is 2.83. The quantitative estimate of drug-likeness (QED) is 0.515. The summed E-state index contributed by atoms with van der Waals surface area (Å²) in [7, 11) is 0. The van der Waals surface area contributed by atoms with Gasteiger partial charge in [-0.25, -0.2) is 15.4 Å². The molecule has 1 heterocycles. The van der Waals surface area contributed by atoms with Crippen LogP contribution in [0.15, 0.2) is 18.5 Å². The van der Waals surface area contributed by atoms with Gasteiger partial charge in [0.15, 0.2) is 0 Å². The fraction of sp³-hybridized carbons (Fsp3) is 0.556. The second-order valence-electron chi connectivity index (χ2n) is 2.83. The molecule has 0 unspecified atom stereocenters. The molecule has 72 valence electrons. The molecule has 0 spiro atoms. The van der Waals surface area contributed by atoms with Crippen LogP contribution in [0.3, 0.4) is 0 Å². The van der Waals surface area contributed by atoms with Crippen molar-refractivity contribution in [2.75, 3.05) is 12.0 Å². The molecule has 0 amide bonds. The molecule has 13 heavy (non-hydrogen) atoms. The lowest BCUT2D eigenvalue weighted by molar-refractivity contribution is 0.658. The van der Waals surface area contributed by atoms with E-state index in [1.807, 2.05) is 0 Å². The predicted molar refractivity (Wildman–Crippen MR) is 53.2 cm³/mol. The normalized spacial score (nSPS) is 9.92. The third-order valence-electron chi connectivity index (χ3n) is 1.67. The molecular weight excluding hydrogens is 164 g/mol. The summed E-state index contributed by atoms with van der Waals surface area (Å²) in [4.78, 5) is 8.02. The Morgan fingerprint density at radius 2 is 2.00 bits per heavy atom. The molecule has 1 rings (SSSR count). The van der Waals surface area contributed by atoms with E-state index in [0.29, 0.717) is 5.95 Å². The summed E-state index contributed by atoms with van der Waals surface area (Å²) in [6.45, 7) is 3.14. The zero-order chi connectivity index (χ0) is 9.36. The van der Waals surface area contributed by atoms with Crippen molar-refractivity contribution in [1.82, 2.24) is 15.4 Å². The van der Waals surface area contributed by atoms with Gasteiger partial charge in [0, 0.05) is 18.9 Å². The minimum absolute atomic E-state index is 0.624. The van der Waals surface area contributed by atoms with E-state index < -0.39 is 0 Å². The maximum absolute atomic E-state index is 4.01. The molecule has 4 nitrogen and oxygen atoms in total. The van der Waals surface area contributed by atoms with Crippen molar-refractivity contribution < 1.29 is 0 Å². The van der Waals surface area contributed by atoms with Gasteiger partial charge in [0.05, 0.1) is 0 Å². The highest BCUT2D eigenvalue weighted by Crippen LogP contribution is 1.93. The molecule has 2 N–H and O–H groups in total. The van der Waals surface area contributed by atoms with E-state index >= 15 is 0 Å². The van der Waals surface area contributed by atoms with Gasteiger partial charge in [0.1, 0.15) is 0 Å². The Morgan fingerprint density at radius 3 is 2.69 bits per heavy atom. The first-order valence-electron chi connectivity index (χ1n) is 4.69. The highest BCUT2D eigenvalue weighted by atomic mass is 15.4. The summed E-state index contributed by atoms with van der Waals surface area (Å²) < 4.78 is 0. The average Bonchev–Trinajstić information content (AvgIpc) is 2.19. The van der Waals surface area contributed by atoms with Crippen LogP contribution in [0.25, 0.3) is 0 Å². The molecule has 1 aromatic heterocycles. The van der Waals surface area contributed by atoms with Crippen LogP contribution in [-0.4, -0.2) is 16.5 Å². The van der Waals surface area contributed by atoms with Gasteiger partial charge in [-0.2, -0.15) is 0 Å². The van der Waals surface area contributed by atoms with Gasteiger partial charge >= 0.3 is 0 Å². The number of aromatic nitrogens is 2. The van der Waals surface area contributed by atoms with Crippen LogP contribution in [-0.2, 0) is 0 Å². The van der Waals surface area contributed by atoms with Gasteiger partial charge < -0.3 is 0 Å². The lowest BCUT2D eigenvalue weighted by Crippen LogP contribution is -2.23. The van der Waals surface area contributed by atoms with Crippen LogP contribution >= 0.6 is 0 Å². The smallest absolute Gasteiger partial charge is 0.237 e. The van der Waals surface area contributed by atoms with Crippen LogP contribution in [0.4, 0.5) is 5.95 Å². The van der Waals surface area contributed by atoms with Gasteiger partial charge in [-0.3, -0.25) is 5.43 Å². The van der Waals surface area contributed by atoms with Gasteiger partial charge in [0.2, 0.25) is 5.95 Å². The number of hydrazine groups is 1. The Morgan fingerprint density at radius 1 is 1.23 bits per heavy atom. The molecule has 4 heteroatoms. The Kier molecular flexibility index (Phi) is 4.86. The van der Waals surface area contributed by atoms with Crippen molar-refractivity contribution in [3.63, 3.8) is 0 Å². The highest BCUT2D eigenvalue weighted by molar-refractivity contribution is 5.19. The Balaban J connectivity index is 2.07. The predicted octanol–water partition coefficient (Wildman–Crippen LogP) is 1.58. The van der Waals surface area contributed by atoms with Crippen LogP contribution in [0, 0.1) is 0 Å². The van der Waals surface area contributed by atoms with Crippen molar-refractivity contribution in [2.45, 2.75) is 26.2 Å². The number of hydrogen-bond acceptors (Lipinski definition) is 4. The Hall–Kier alpha value is -1.16. The number of anilines is 1. The van der Waals surface area contributed by atoms with Crippen molar-refractivity contribution in [1.29, 1.82) is 0 Å². The maximum atomic E-state index is 4.01. The molecule has 0 aliphatic rings. The third-order valence-corrected chi connectivity index (χ3v) is 1.67. The molecule has 0 aliphatic heterocycles. The fourth-order valence-electron chi connectivity index (χ4n) is 0.969. The van der Waals surface area contributed by atoms with E-state index in [1.165, 1.54) is 19.3 Å². The molecule has 0 aliphatic carbocycles. The molecule has 0 bridgehead atoms. The topological polar surface area (TPSA) is 49.8 Å².